The average molecular weight is 338 g/mol. The number of nitrogens with zero attached hydrogens (tertiary/aromatic N) is 3. The SMILES string of the molecule is O=C(C1CC(=O)N(c2ccccc2)C1)N1CCCC(c2ccn[nH]2)C1. The molecule has 6 nitrogen and oxygen atoms in total. The molecule has 2 fully saturated rings. The number of amides is 2. The molecule has 2 aliphatic rings. The molecule has 2 atom stereocenters. The van der Waals surface area contributed by atoms with E-state index < -0.39 is 0 Å². The lowest BCUT2D eigenvalue weighted by Crippen LogP contribution is -2.43. The van der Waals surface area contributed by atoms with Crippen LogP contribution in [0, 0.1) is 5.92 Å². The molecule has 6 heteroatoms. The largest absolute Gasteiger partial charge is 0.342 e. The summed E-state index contributed by atoms with van der Waals surface area (Å²) in [5.74, 6) is 0.207. The molecule has 1 aromatic heterocycles. The molecule has 0 bridgehead atoms. The normalized spacial score (nSPS) is 23.9. The maximum absolute atomic E-state index is 13.0. The average Bonchev–Trinajstić information content (AvgIpc) is 3.32. The van der Waals surface area contributed by atoms with Gasteiger partial charge in [-0.2, -0.15) is 5.10 Å². The van der Waals surface area contributed by atoms with Gasteiger partial charge in [-0.3, -0.25) is 14.7 Å². The summed E-state index contributed by atoms with van der Waals surface area (Å²) in [6.45, 7) is 1.96. The van der Waals surface area contributed by atoms with Gasteiger partial charge in [0.1, 0.15) is 0 Å². The number of aromatic nitrogens is 2. The van der Waals surface area contributed by atoms with E-state index in [9.17, 15) is 9.59 Å². The minimum absolute atomic E-state index is 0.0340. The smallest absolute Gasteiger partial charge is 0.228 e. The van der Waals surface area contributed by atoms with E-state index in [-0.39, 0.29) is 17.7 Å². The number of aromatic amines is 1. The lowest BCUT2D eigenvalue weighted by atomic mass is 9.93. The van der Waals surface area contributed by atoms with Crippen molar-refractivity contribution in [2.75, 3.05) is 24.5 Å². The van der Waals surface area contributed by atoms with Crippen LogP contribution < -0.4 is 4.90 Å². The summed E-state index contributed by atoms with van der Waals surface area (Å²) in [5.41, 5.74) is 1.96. The first-order valence-electron chi connectivity index (χ1n) is 8.86. The summed E-state index contributed by atoms with van der Waals surface area (Å²) in [6, 6.07) is 11.6. The Morgan fingerprint density at radius 1 is 1.16 bits per heavy atom. The van der Waals surface area contributed by atoms with Crippen LogP contribution in [-0.2, 0) is 9.59 Å². The molecule has 0 spiro atoms. The zero-order valence-electron chi connectivity index (χ0n) is 14.1. The van der Waals surface area contributed by atoms with Gasteiger partial charge in [-0.15, -0.1) is 0 Å². The predicted molar refractivity (Wildman–Crippen MR) is 94.0 cm³/mol. The number of H-pyrrole nitrogens is 1. The van der Waals surface area contributed by atoms with Gasteiger partial charge in [-0.25, -0.2) is 0 Å². The summed E-state index contributed by atoms with van der Waals surface area (Å²) in [6.07, 6.45) is 4.10. The van der Waals surface area contributed by atoms with Gasteiger partial charge in [-0.1, -0.05) is 18.2 Å². The zero-order valence-corrected chi connectivity index (χ0v) is 14.1. The Bertz CT molecular complexity index is 744. The lowest BCUT2D eigenvalue weighted by molar-refractivity contribution is -0.137. The molecule has 3 heterocycles. The molecule has 1 aromatic carbocycles. The van der Waals surface area contributed by atoms with Crippen molar-refractivity contribution in [3.8, 4) is 0 Å². The van der Waals surface area contributed by atoms with Crippen molar-refractivity contribution >= 4 is 17.5 Å². The Balaban J connectivity index is 1.43. The summed E-state index contributed by atoms with van der Waals surface area (Å²) in [7, 11) is 0. The molecule has 4 rings (SSSR count). The third kappa shape index (κ3) is 3.16. The Morgan fingerprint density at radius 2 is 2.00 bits per heavy atom. The van der Waals surface area contributed by atoms with Crippen molar-refractivity contribution in [1.29, 1.82) is 0 Å². The number of piperidine rings is 1. The molecule has 0 saturated carbocycles. The van der Waals surface area contributed by atoms with Gasteiger partial charge in [0.25, 0.3) is 0 Å². The molecule has 1 N–H and O–H groups in total. The number of para-hydroxylation sites is 1. The maximum Gasteiger partial charge on any atom is 0.228 e. The van der Waals surface area contributed by atoms with Crippen molar-refractivity contribution in [1.82, 2.24) is 15.1 Å². The van der Waals surface area contributed by atoms with Gasteiger partial charge in [0.2, 0.25) is 11.8 Å². The van der Waals surface area contributed by atoms with Crippen LogP contribution in [0.4, 0.5) is 5.69 Å². The van der Waals surface area contributed by atoms with E-state index in [1.54, 1.807) is 11.1 Å². The maximum atomic E-state index is 13.0. The number of carbonyl (C=O) groups excluding carboxylic acids is 2. The lowest BCUT2D eigenvalue weighted by Gasteiger charge is -2.33. The van der Waals surface area contributed by atoms with E-state index >= 15 is 0 Å². The molecule has 2 aromatic rings. The van der Waals surface area contributed by atoms with Crippen LogP contribution in [0.3, 0.4) is 0 Å². The molecule has 2 unspecified atom stereocenters. The van der Waals surface area contributed by atoms with Gasteiger partial charge in [0.15, 0.2) is 0 Å². The minimum Gasteiger partial charge on any atom is -0.342 e. The van der Waals surface area contributed by atoms with Crippen LogP contribution in [0.15, 0.2) is 42.6 Å². The molecule has 130 valence electrons. The number of hydrogen-bond donors (Lipinski definition) is 1. The summed E-state index contributed by atoms with van der Waals surface area (Å²) < 4.78 is 0. The number of nitrogens with one attached hydrogen (secondary N) is 1. The molecule has 2 saturated heterocycles. The summed E-state index contributed by atoms with van der Waals surface area (Å²) in [4.78, 5) is 29.0. The van der Waals surface area contributed by atoms with Crippen LogP contribution >= 0.6 is 0 Å². The van der Waals surface area contributed by atoms with E-state index in [1.165, 1.54) is 0 Å². The fourth-order valence-electron chi connectivity index (χ4n) is 3.91. The summed E-state index contributed by atoms with van der Waals surface area (Å²) >= 11 is 0. The fourth-order valence-corrected chi connectivity index (χ4v) is 3.91. The highest BCUT2D eigenvalue weighted by Crippen LogP contribution is 2.30. The first-order valence-corrected chi connectivity index (χ1v) is 8.86. The highest BCUT2D eigenvalue weighted by Gasteiger charge is 2.38. The van der Waals surface area contributed by atoms with Crippen LogP contribution in [0.1, 0.15) is 30.9 Å². The number of benzene rings is 1. The zero-order chi connectivity index (χ0) is 17.2. The van der Waals surface area contributed by atoms with Gasteiger partial charge < -0.3 is 9.80 Å². The fraction of sp³-hybridized carbons (Fsp3) is 0.421. The second kappa shape index (κ2) is 6.70. The molecule has 25 heavy (non-hydrogen) atoms. The van der Waals surface area contributed by atoms with Crippen LogP contribution in [0.5, 0.6) is 0 Å². The second-order valence-corrected chi connectivity index (χ2v) is 6.88. The van der Waals surface area contributed by atoms with Crippen LogP contribution in [0.2, 0.25) is 0 Å². The van der Waals surface area contributed by atoms with Crippen LogP contribution in [0.25, 0.3) is 0 Å². The van der Waals surface area contributed by atoms with Crippen molar-refractivity contribution in [3.63, 3.8) is 0 Å². The van der Waals surface area contributed by atoms with E-state index in [2.05, 4.69) is 10.2 Å². The highest BCUT2D eigenvalue weighted by molar-refractivity contribution is 6.00. The molecule has 0 aliphatic carbocycles. The summed E-state index contributed by atoms with van der Waals surface area (Å²) in [5, 5.41) is 7.04. The first-order chi connectivity index (χ1) is 12.2. The molecule has 2 aliphatic heterocycles. The highest BCUT2D eigenvalue weighted by atomic mass is 16.2. The van der Waals surface area contributed by atoms with Gasteiger partial charge in [0.05, 0.1) is 5.92 Å². The van der Waals surface area contributed by atoms with Crippen molar-refractivity contribution < 1.29 is 9.59 Å². The number of hydrogen-bond acceptors (Lipinski definition) is 3. The van der Waals surface area contributed by atoms with E-state index in [0.717, 1.165) is 30.8 Å². The Kier molecular flexibility index (Phi) is 4.26. The minimum atomic E-state index is -0.242. The third-order valence-corrected chi connectivity index (χ3v) is 5.24. The number of carbonyl (C=O) groups is 2. The first kappa shape index (κ1) is 15.9. The number of likely N-dealkylation sites (tertiary alicyclic amines) is 1. The van der Waals surface area contributed by atoms with Crippen molar-refractivity contribution in [2.24, 2.45) is 5.92 Å². The Hall–Kier alpha value is -2.63. The second-order valence-electron chi connectivity index (χ2n) is 6.88. The Morgan fingerprint density at radius 3 is 2.76 bits per heavy atom. The standard InChI is InChI=1S/C19H22N4O2/c24-18-11-15(13-23(18)16-6-2-1-3-7-16)19(25)22-10-4-5-14(12-22)17-8-9-20-21-17/h1-3,6-9,14-15H,4-5,10-13H2,(H,20,21). The number of rotatable bonds is 3. The molecule has 2 amide bonds. The molecular weight excluding hydrogens is 316 g/mol. The van der Waals surface area contributed by atoms with E-state index in [1.807, 2.05) is 41.3 Å². The van der Waals surface area contributed by atoms with Gasteiger partial charge in [-0.05, 0) is 31.0 Å². The monoisotopic (exact) mass is 338 g/mol. The van der Waals surface area contributed by atoms with Gasteiger partial charge >= 0.3 is 0 Å². The van der Waals surface area contributed by atoms with Crippen LogP contribution in [-0.4, -0.2) is 46.5 Å². The molecule has 0 radical (unpaired) electrons. The van der Waals surface area contributed by atoms with Gasteiger partial charge in [0, 0.05) is 49.6 Å². The third-order valence-electron chi connectivity index (χ3n) is 5.24. The van der Waals surface area contributed by atoms with Crippen molar-refractivity contribution in [3.05, 3.63) is 48.3 Å². The quantitative estimate of drug-likeness (QED) is 0.932. The molecular formula is C19H22N4O2. The Labute approximate surface area is 146 Å². The number of anilines is 1. The van der Waals surface area contributed by atoms with E-state index in [0.29, 0.717) is 25.4 Å². The predicted octanol–water partition coefficient (Wildman–Crippen LogP) is 2.17. The van der Waals surface area contributed by atoms with Crippen molar-refractivity contribution in [2.45, 2.75) is 25.2 Å². The van der Waals surface area contributed by atoms with E-state index in [4.69, 9.17) is 0 Å². The topological polar surface area (TPSA) is 69.3 Å².